The van der Waals surface area contributed by atoms with Crippen LogP contribution in [0.1, 0.15) is 50.2 Å². The average molecular weight is 482 g/mol. The fourth-order valence-electron chi connectivity index (χ4n) is 3.89. The Hall–Kier alpha value is -1.75. The van der Waals surface area contributed by atoms with Crippen LogP contribution in [-0.2, 0) is 22.6 Å². The van der Waals surface area contributed by atoms with Gasteiger partial charge in [0.1, 0.15) is 6.04 Å². The highest BCUT2D eigenvalue weighted by Crippen LogP contribution is 2.24. The molecule has 1 fully saturated rings. The second kappa shape index (κ2) is 11.2. The van der Waals surface area contributed by atoms with Crippen molar-refractivity contribution in [3.63, 3.8) is 0 Å². The Bertz CT molecular complexity index is 929. The molecule has 1 N–H and O–H groups in total. The molecule has 2 amide bonds. The third-order valence-corrected chi connectivity index (χ3v) is 6.73. The van der Waals surface area contributed by atoms with E-state index in [0.29, 0.717) is 20.6 Å². The van der Waals surface area contributed by atoms with E-state index in [2.05, 4.69) is 5.32 Å². The lowest BCUT2D eigenvalue weighted by Crippen LogP contribution is -2.50. The Morgan fingerprint density at radius 1 is 1.00 bits per heavy atom. The zero-order valence-corrected chi connectivity index (χ0v) is 19.8. The maximum atomic E-state index is 13.3. The van der Waals surface area contributed by atoms with E-state index in [4.69, 9.17) is 34.8 Å². The average Bonchev–Trinajstić information content (AvgIpc) is 2.75. The van der Waals surface area contributed by atoms with E-state index in [-0.39, 0.29) is 30.8 Å². The summed E-state index contributed by atoms with van der Waals surface area (Å²) in [6, 6.07) is 11.9. The van der Waals surface area contributed by atoms with Gasteiger partial charge in [-0.2, -0.15) is 0 Å². The first-order valence-corrected chi connectivity index (χ1v) is 11.8. The van der Waals surface area contributed by atoms with Crippen molar-refractivity contribution in [2.24, 2.45) is 0 Å². The number of halogens is 3. The summed E-state index contributed by atoms with van der Waals surface area (Å²) in [5, 5.41) is 4.62. The molecule has 0 spiro atoms. The smallest absolute Gasteiger partial charge is 0.242 e. The van der Waals surface area contributed by atoms with Crippen LogP contribution >= 0.6 is 34.8 Å². The number of benzene rings is 2. The lowest BCUT2D eigenvalue weighted by molar-refractivity contribution is -0.140. The zero-order valence-electron chi connectivity index (χ0n) is 17.5. The van der Waals surface area contributed by atoms with E-state index in [9.17, 15) is 9.59 Å². The third kappa shape index (κ3) is 6.61. The summed E-state index contributed by atoms with van der Waals surface area (Å²) < 4.78 is 0. The summed E-state index contributed by atoms with van der Waals surface area (Å²) in [7, 11) is 0. The van der Waals surface area contributed by atoms with Gasteiger partial charge in [-0.3, -0.25) is 9.59 Å². The fourth-order valence-corrected chi connectivity index (χ4v) is 4.56. The van der Waals surface area contributed by atoms with Gasteiger partial charge in [0.15, 0.2) is 0 Å². The lowest BCUT2D eigenvalue weighted by atomic mass is 9.95. The number of hydrogen-bond acceptors (Lipinski definition) is 2. The summed E-state index contributed by atoms with van der Waals surface area (Å²) >= 11 is 18.6. The van der Waals surface area contributed by atoms with Crippen molar-refractivity contribution >= 4 is 46.6 Å². The Morgan fingerprint density at radius 2 is 1.71 bits per heavy atom. The molecular formula is C24H27Cl3N2O2. The Morgan fingerprint density at radius 3 is 2.39 bits per heavy atom. The zero-order chi connectivity index (χ0) is 22.4. The second-order valence-electron chi connectivity index (χ2n) is 8.05. The summed E-state index contributed by atoms with van der Waals surface area (Å²) in [6.45, 7) is 2.00. The van der Waals surface area contributed by atoms with Crippen LogP contribution < -0.4 is 5.32 Å². The molecule has 7 heteroatoms. The summed E-state index contributed by atoms with van der Waals surface area (Å²) in [5.74, 6) is -0.343. The van der Waals surface area contributed by atoms with Gasteiger partial charge < -0.3 is 10.2 Å². The van der Waals surface area contributed by atoms with E-state index in [1.54, 1.807) is 36.1 Å². The second-order valence-corrected chi connectivity index (χ2v) is 9.30. The van der Waals surface area contributed by atoms with Gasteiger partial charge in [0.25, 0.3) is 0 Å². The van der Waals surface area contributed by atoms with Crippen molar-refractivity contribution in [3.8, 4) is 0 Å². The Balaban J connectivity index is 1.79. The summed E-state index contributed by atoms with van der Waals surface area (Å²) in [4.78, 5) is 27.9. The van der Waals surface area contributed by atoms with E-state index < -0.39 is 6.04 Å². The lowest BCUT2D eigenvalue weighted by Gasteiger charge is -2.31. The molecule has 0 aromatic heterocycles. The monoisotopic (exact) mass is 480 g/mol. The van der Waals surface area contributed by atoms with E-state index in [1.807, 2.05) is 18.2 Å². The molecule has 0 saturated heterocycles. The highest BCUT2D eigenvalue weighted by atomic mass is 35.5. The van der Waals surface area contributed by atoms with Gasteiger partial charge in [-0.25, -0.2) is 0 Å². The predicted octanol–water partition coefficient (Wildman–Crippen LogP) is 6.06. The highest BCUT2D eigenvalue weighted by molar-refractivity contribution is 6.35. The molecule has 0 aliphatic heterocycles. The molecule has 4 nitrogen and oxygen atoms in total. The van der Waals surface area contributed by atoms with Crippen LogP contribution in [0, 0.1) is 0 Å². The van der Waals surface area contributed by atoms with Gasteiger partial charge in [0, 0.05) is 27.7 Å². The molecule has 1 atom stereocenters. The normalized spacial score (nSPS) is 15.4. The van der Waals surface area contributed by atoms with Crippen molar-refractivity contribution in [2.45, 2.75) is 64.1 Å². The van der Waals surface area contributed by atoms with E-state index in [1.165, 1.54) is 6.42 Å². The first-order chi connectivity index (χ1) is 14.8. The number of nitrogens with one attached hydrogen (secondary N) is 1. The predicted molar refractivity (Wildman–Crippen MR) is 127 cm³/mol. The molecule has 1 aliphatic rings. The van der Waals surface area contributed by atoms with Gasteiger partial charge in [0.2, 0.25) is 11.8 Å². The number of hydrogen-bond donors (Lipinski definition) is 1. The molecule has 2 aromatic rings. The molecule has 0 bridgehead atoms. The minimum atomic E-state index is -0.642. The summed E-state index contributed by atoms with van der Waals surface area (Å²) in [5.41, 5.74) is 1.46. The van der Waals surface area contributed by atoms with Gasteiger partial charge >= 0.3 is 0 Å². The highest BCUT2D eigenvalue weighted by Gasteiger charge is 2.29. The van der Waals surface area contributed by atoms with E-state index in [0.717, 1.165) is 31.2 Å². The minimum Gasteiger partial charge on any atom is -0.352 e. The molecule has 1 saturated carbocycles. The Kier molecular flexibility index (Phi) is 8.65. The standard InChI is InChI=1S/C24H27Cl3N2O2/c1-16(24(31)28-20-8-3-2-4-9-20)29(15-18-7-5-6-10-21(18)26)23(30)13-17-11-12-19(25)14-22(17)27/h5-7,10-12,14,16,20H,2-4,8-9,13,15H2,1H3,(H,28,31)/t16-/m0/s1. The van der Waals surface area contributed by atoms with Crippen molar-refractivity contribution in [1.82, 2.24) is 10.2 Å². The number of rotatable bonds is 7. The molecular weight excluding hydrogens is 455 g/mol. The molecule has 3 rings (SSSR count). The Labute approximate surface area is 198 Å². The van der Waals surface area contributed by atoms with Gasteiger partial charge in [-0.1, -0.05) is 78.3 Å². The SMILES string of the molecule is C[C@@H](C(=O)NC1CCCCC1)N(Cc1ccccc1Cl)C(=O)Cc1ccc(Cl)cc1Cl. The van der Waals surface area contributed by atoms with Crippen LogP contribution in [0.5, 0.6) is 0 Å². The van der Waals surface area contributed by atoms with Crippen LogP contribution in [0.3, 0.4) is 0 Å². The summed E-state index contributed by atoms with van der Waals surface area (Å²) in [6.07, 6.45) is 5.49. The number of carbonyl (C=O) groups is 2. The molecule has 0 heterocycles. The molecule has 0 unspecified atom stereocenters. The molecule has 1 aliphatic carbocycles. The fraction of sp³-hybridized carbons (Fsp3) is 0.417. The molecule has 0 radical (unpaired) electrons. The van der Waals surface area contributed by atoms with Gasteiger partial charge in [-0.05, 0) is 49.1 Å². The first kappa shape index (κ1) is 23.9. The maximum Gasteiger partial charge on any atom is 0.242 e. The maximum absolute atomic E-state index is 13.3. The van der Waals surface area contributed by atoms with Gasteiger partial charge in [-0.15, -0.1) is 0 Å². The van der Waals surface area contributed by atoms with Crippen LogP contribution in [-0.4, -0.2) is 28.8 Å². The third-order valence-electron chi connectivity index (χ3n) is 5.77. The van der Waals surface area contributed by atoms with Crippen molar-refractivity contribution in [1.29, 1.82) is 0 Å². The molecule has 31 heavy (non-hydrogen) atoms. The van der Waals surface area contributed by atoms with Crippen LogP contribution in [0.25, 0.3) is 0 Å². The van der Waals surface area contributed by atoms with E-state index >= 15 is 0 Å². The number of carbonyl (C=O) groups excluding carboxylic acids is 2. The van der Waals surface area contributed by atoms with Crippen LogP contribution in [0.4, 0.5) is 0 Å². The van der Waals surface area contributed by atoms with Crippen molar-refractivity contribution in [3.05, 3.63) is 68.7 Å². The first-order valence-electron chi connectivity index (χ1n) is 10.6. The largest absolute Gasteiger partial charge is 0.352 e. The molecule has 166 valence electrons. The topological polar surface area (TPSA) is 49.4 Å². The van der Waals surface area contributed by atoms with Crippen molar-refractivity contribution in [2.75, 3.05) is 0 Å². The number of nitrogens with zero attached hydrogens (tertiary/aromatic N) is 1. The quantitative estimate of drug-likeness (QED) is 0.523. The van der Waals surface area contributed by atoms with Gasteiger partial charge in [0.05, 0.1) is 6.42 Å². The number of amides is 2. The van der Waals surface area contributed by atoms with Crippen LogP contribution in [0.2, 0.25) is 15.1 Å². The van der Waals surface area contributed by atoms with Crippen molar-refractivity contribution < 1.29 is 9.59 Å². The van der Waals surface area contributed by atoms with Crippen LogP contribution in [0.15, 0.2) is 42.5 Å². The molecule has 2 aromatic carbocycles. The minimum absolute atomic E-state index is 0.0709.